The van der Waals surface area contributed by atoms with Gasteiger partial charge in [0, 0.05) is 24.7 Å². The van der Waals surface area contributed by atoms with Crippen molar-refractivity contribution in [3.63, 3.8) is 0 Å². The van der Waals surface area contributed by atoms with Gasteiger partial charge in [-0.1, -0.05) is 18.2 Å². The van der Waals surface area contributed by atoms with Crippen molar-refractivity contribution in [1.82, 2.24) is 15.6 Å². The Morgan fingerprint density at radius 3 is 3.09 bits per heavy atom. The number of rotatable bonds is 4. The molecule has 1 amide bonds. The van der Waals surface area contributed by atoms with E-state index in [1.165, 1.54) is 0 Å². The molecule has 1 aromatic carbocycles. The molecular formula is C17H21N3O2. The SMILES string of the molecule is O=C(CC1(O)CCCNC1)NCc1cnc2ccccc2c1. The van der Waals surface area contributed by atoms with Crippen LogP contribution in [-0.2, 0) is 11.3 Å². The standard InChI is InChI=1S/C17H21N3O2/c21-16(9-17(22)6-3-7-18-12-17)20-11-13-8-14-4-1-2-5-15(14)19-10-13/h1-2,4-5,8,10,18,22H,3,6-7,9,11-12H2,(H,20,21). The summed E-state index contributed by atoms with van der Waals surface area (Å²) in [6, 6.07) is 9.92. The number of aliphatic hydroxyl groups is 1. The van der Waals surface area contributed by atoms with Crippen molar-refractivity contribution in [3.05, 3.63) is 42.1 Å². The molecular weight excluding hydrogens is 278 g/mol. The maximum Gasteiger partial charge on any atom is 0.223 e. The van der Waals surface area contributed by atoms with Gasteiger partial charge in [0.1, 0.15) is 0 Å². The first-order valence-corrected chi connectivity index (χ1v) is 7.68. The number of carbonyl (C=O) groups is 1. The minimum absolute atomic E-state index is 0.126. The van der Waals surface area contributed by atoms with E-state index in [0.29, 0.717) is 19.5 Å². The highest BCUT2D eigenvalue weighted by Gasteiger charge is 2.31. The highest BCUT2D eigenvalue weighted by Crippen LogP contribution is 2.20. The van der Waals surface area contributed by atoms with E-state index >= 15 is 0 Å². The minimum atomic E-state index is -0.913. The molecule has 5 heteroatoms. The first-order chi connectivity index (χ1) is 10.6. The number of amides is 1. The van der Waals surface area contributed by atoms with Crippen LogP contribution >= 0.6 is 0 Å². The largest absolute Gasteiger partial charge is 0.388 e. The molecule has 0 radical (unpaired) electrons. The van der Waals surface area contributed by atoms with Crippen LogP contribution < -0.4 is 10.6 Å². The lowest BCUT2D eigenvalue weighted by molar-refractivity contribution is -0.127. The molecule has 3 rings (SSSR count). The van der Waals surface area contributed by atoms with Crippen LogP contribution in [0.2, 0.25) is 0 Å². The van der Waals surface area contributed by atoms with Crippen LogP contribution in [0.5, 0.6) is 0 Å². The Hall–Kier alpha value is -1.98. The third kappa shape index (κ3) is 3.61. The van der Waals surface area contributed by atoms with E-state index in [1.54, 1.807) is 6.20 Å². The molecule has 0 spiro atoms. The molecule has 1 aromatic heterocycles. The molecule has 1 unspecified atom stereocenters. The Bertz CT molecular complexity index is 666. The zero-order valence-electron chi connectivity index (χ0n) is 12.5. The van der Waals surface area contributed by atoms with E-state index < -0.39 is 5.60 Å². The normalized spacial score (nSPS) is 21.7. The molecule has 22 heavy (non-hydrogen) atoms. The molecule has 1 atom stereocenters. The molecule has 5 nitrogen and oxygen atoms in total. The number of β-amino-alcohol motifs (C(OH)–C–C–N with tert-alkyl or cyclic N) is 1. The van der Waals surface area contributed by atoms with Gasteiger partial charge in [0.05, 0.1) is 17.5 Å². The van der Waals surface area contributed by atoms with Gasteiger partial charge in [0.25, 0.3) is 0 Å². The first-order valence-electron chi connectivity index (χ1n) is 7.68. The van der Waals surface area contributed by atoms with Gasteiger partial charge in [-0.3, -0.25) is 9.78 Å². The number of nitrogens with zero attached hydrogens (tertiary/aromatic N) is 1. The van der Waals surface area contributed by atoms with Crippen LogP contribution in [0.1, 0.15) is 24.8 Å². The van der Waals surface area contributed by atoms with Crippen LogP contribution in [0.4, 0.5) is 0 Å². The van der Waals surface area contributed by atoms with Crippen molar-refractivity contribution in [3.8, 4) is 0 Å². The van der Waals surface area contributed by atoms with Gasteiger partial charge in [-0.2, -0.15) is 0 Å². The fraction of sp³-hybridized carbons (Fsp3) is 0.412. The Balaban J connectivity index is 1.57. The highest BCUT2D eigenvalue weighted by molar-refractivity contribution is 5.79. The molecule has 1 aliphatic rings. The maximum atomic E-state index is 12.0. The molecule has 0 aliphatic carbocycles. The zero-order valence-corrected chi connectivity index (χ0v) is 12.5. The maximum absolute atomic E-state index is 12.0. The van der Waals surface area contributed by atoms with Crippen LogP contribution in [0.15, 0.2) is 36.5 Å². The van der Waals surface area contributed by atoms with Gasteiger partial charge in [0.2, 0.25) is 5.91 Å². The van der Waals surface area contributed by atoms with E-state index in [4.69, 9.17) is 0 Å². The predicted octanol–water partition coefficient (Wildman–Crippen LogP) is 1.36. The quantitative estimate of drug-likeness (QED) is 0.797. The Morgan fingerprint density at radius 1 is 1.41 bits per heavy atom. The number of pyridine rings is 1. The van der Waals surface area contributed by atoms with Crippen molar-refractivity contribution in [2.45, 2.75) is 31.4 Å². The lowest BCUT2D eigenvalue weighted by Gasteiger charge is -2.32. The molecule has 3 N–H and O–H groups in total. The van der Waals surface area contributed by atoms with Crippen molar-refractivity contribution in [1.29, 1.82) is 0 Å². The number of hydrogen-bond donors (Lipinski definition) is 3. The average molecular weight is 299 g/mol. The van der Waals surface area contributed by atoms with Crippen LogP contribution in [0.25, 0.3) is 10.9 Å². The Labute approximate surface area is 129 Å². The molecule has 1 fully saturated rings. The summed E-state index contributed by atoms with van der Waals surface area (Å²) in [5, 5.41) is 17.4. The topological polar surface area (TPSA) is 74.2 Å². The number of aromatic nitrogens is 1. The van der Waals surface area contributed by atoms with Gasteiger partial charge < -0.3 is 15.7 Å². The van der Waals surface area contributed by atoms with Crippen LogP contribution in [-0.4, -0.2) is 34.7 Å². The minimum Gasteiger partial charge on any atom is -0.388 e. The van der Waals surface area contributed by atoms with Gasteiger partial charge in [-0.15, -0.1) is 0 Å². The molecule has 2 aromatic rings. The smallest absolute Gasteiger partial charge is 0.223 e. The molecule has 1 aliphatic heterocycles. The van der Waals surface area contributed by atoms with E-state index in [1.807, 2.05) is 30.3 Å². The zero-order chi connectivity index (χ0) is 15.4. The Morgan fingerprint density at radius 2 is 2.27 bits per heavy atom. The average Bonchev–Trinajstić information content (AvgIpc) is 2.53. The third-order valence-electron chi connectivity index (χ3n) is 4.08. The fourth-order valence-electron chi connectivity index (χ4n) is 2.88. The number of benzene rings is 1. The van der Waals surface area contributed by atoms with Crippen molar-refractivity contribution >= 4 is 16.8 Å². The molecule has 116 valence electrons. The summed E-state index contributed by atoms with van der Waals surface area (Å²) in [6.45, 7) is 1.82. The van der Waals surface area contributed by atoms with E-state index in [2.05, 4.69) is 15.6 Å². The lowest BCUT2D eigenvalue weighted by atomic mass is 9.90. The summed E-state index contributed by atoms with van der Waals surface area (Å²) in [5.41, 5.74) is 0.991. The number of fused-ring (bicyclic) bond motifs is 1. The Kier molecular flexibility index (Phi) is 4.36. The lowest BCUT2D eigenvalue weighted by Crippen LogP contribution is -2.48. The fourth-order valence-corrected chi connectivity index (χ4v) is 2.88. The molecule has 0 saturated carbocycles. The van der Waals surface area contributed by atoms with Crippen molar-refractivity contribution < 1.29 is 9.90 Å². The summed E-state index contributed by atoms with van der Waals surface area (Å²) >= 11 is 0. The number of hydrogen-bond acceptors (Lipinski definition) is 4. The summed E-state index contributed by atoms with van der Waals surface area (Å²) in [6.07, 6.45) is 3.49. The highest BCUT2D eigenvalue weighted by atomic mass is 16.3. The molecule has 2 heterocycles. The van der Waals surface area contributed by atoms with Gasteiger partial charge >= 0.3 is 0 Å². The second-order valence-electron chi connectivity index (χ2n) is 5.99. The monoisotopic (exact) mass is 299 g/mol. The summed E-state index contributed by atoms with van der Waals surface area (Å²) in [5.74, 6) is -0.126. The van der Waals surface area contributed by atoms with E-state index in [-0.39, 0.29) is 12.3 Å². The van der Waals surface area contributed by atoms with E-state index in [9.17, 15) is 9.90 Å². The van der Waals surface area contributed by atoms with Gasteiger partial charge in [-0.25, -0.2) is 0 Å². The first kappa shape index (κ1) is 14.9. The van der Waals surface area contributed by atoms with Crippen molar-refractivity contribution in [2.24, 2.45) is 0 Å². The van der Waals surface area contributed by atoms with Crippen LogP contribution in [0.3, 0.4) is 0 Å². The number of para-hydroxylation sites is 1. The number of carbonyl (C=O) groups excluding carboxylic acids is 1. The summed E-state index contributed by atoms with van der Waals surface area (Å²) < 4.78 is 0. The van der Waals surface area contributed by atoms with Gasteiger partial charge in [-0.05, 0) is 37.1 Å². The van der Waals surface area contributed by atoms with Crippen LogP contribution in [0, 0.1) is 0 Å². The third-order valence-corrected chi connectivity index (χ3v) is 4.08. The van der Waals surface area contributed by atoms with Gasteiger partial charge in [0.15, 0.2) is 0 Å². The summed E-state index contributed by atoms with van der Waals surface area (Å²) in [4.78, 5) is 16.4. The molecule has 0 bridgehead atoms. The summed E-state index contributed by atoms with van der Waals surface area (Å²) in [7, 11) is 0. The number of piperidine rings is 1. The second-order valence-corrected chi connectivity index (χ2v) is 5.99. The van der Waals surface area contributed by atoms with Crippen molar-refractivity contribution in [2.75, 3.05) is 13.1 Å². The predicted molar refractivity (Wildman–Crippen MR) is 85.3 cm³/mol. The second kappa shape index (κ2) is 6.42. The van der Waals surface area contributed by atoms with E-state index in [0.717, 1.165) is 29.4 Å². The number of nitrogens with one attached hydrogen (secondary N) is 2. The molecule has 1 saturated heterocycles.